The van der Waals surface area contributed by atoms with Crippen LogP contribution in [0.2, 0.25) is 0 Å². The number of benzene rings is 1. The zero-order chi connectivity index (χ0) is 12.4. The zero-order valence-electron chi connectivity index (χ0n) is 10.00. The number of nitrogens with zero attached hydrogens (tertiary/aromatic N) is 2. The summed E-state index contributed by atoms with van der Waals surface area (Å²) in [5, 5.41) is 3.19. The zero-order valence-corrected chi connectivity index (χ0v) is 10.00. The third-order valence-electron chi connectivity index (χ3n) is 2.88. The van der Waals surface area contributed by atoms with Gasteiger partial charge in [0.2, 0.25) is 0 Å². The molecule has 1 atom stereocenters. The molecule has 0 aliphatic rings. The lowest BCUT2D eigenvalue weighted by molar-refractivity contribution is 0.459. The van der Waals surface area contributed by atoms with Crippen molar-refractivity contribution in [3.8, 4) is 0 Å². The van der Waals surface area contributed by atoms with Gasteiger partial charge in [0.25, 0.3) is 0 Å². The second-order valence-corrected chi connectivity index (χ2v) is 4.02. The number of furan rings is 1. The van der Waals surface area contributed by atoms with Gasteiger partial charge in [0.15, 0.2) is 0 Å². The summed E-state index contributed by atoms with van der Waals surface area (Å²) in [7, 11) is 1.88. The molecule has 1 aromatic carbocycles. The lowest BCUT2D eigenvalue weighted by Gasteiger charge is -2.13. The van der Waals surface area contributed by atoms with Crippen LogP contribution in [0.4, 0.5) is 0 Å². The van der Waals surface area contributed by atoms with E-state index in [1.54, 1.807) is 12.5 Å². The Kier molecular flexibility index (Phi) is 2.78. The van der Waals surface area contributed by atoms with Crippen LogP contribution in [-0.4, -0.2) is 17.0 Å². The highest BCUT2D eigenvalue weighted by Gasteiger charge is 2.16. The Bertz CT molecular complexity index is 649. The number of fused-ring (bicyclic) bond motifs is 1. The molecule has 3 rings (SSSR count). The van der Waals surface area contributed by atoms with Crippen LogP contribution in [-0.2, 0) is 0 Å². The van der Waals surface area contributed by atoms with Gasteiger partial charge in [-0.1, -0.05) is 12.1 Å². The first-order valence-corrected chi connectivity index (χ1v) is 5.81. The van der Waals surface area contributed by atoms with Crippen molar-refractivity contribution in [1.82, 2.24) is 15.3 Å². The minimum absolute atomic E-state index is 0.0721. The molecule has 0 fully saturated rings. The third-order valence-corrected chi connectivity index (χ3v) is 2.88. The first-order chi connectivity index (χ1) is 8.88. The van der Waals surface area contributed by atoms with Crippen molar-refractivity contribution >= 4 is 11.0 Å². The molecule has 0 saturated carbocycles. The smallest absolute Gasteiger partial charge is 0.126 e. The highest BCUT2D eigenvalue weighted by atomic mass is 16.3. The van der Waals surface area contributed by atoms with E-state index in [0.717, 1.165) is 22.5 Å². The van der Waals surface area contributed by atoms with E-state index >= 15 is 0 Å². The molecule has 1 N–H and O–H groups in total. The van der Waals surface area contributed by atoms with E-state index in [1.165, 1.54) is 0 Å². The molecule has 2 aromatic heterocycles. The second kappa shape index (κ2) is 4.58. The Morgan fingerprint density at radius 3 is 2.67 bits per heavy atom. The molecule has 1 unspecified atom stereocenters. The summed E-state index contributed by atoms with van der Waals surface area (Å²) >= 11 is 0. The van der Waals surface area contributed by atoms with Gasteiger partial charge in [-0.2, -0.15) is 0 Å². The molecule has 18 heavy (non-hydrogen) atoms. The average Bonchev–Trinajstić information content (AvgIpc) is 2.93. The maximum atomic E-state index is 5.42. The molecule has 4 nitrogen and oxygen atoms in total. The van der Waals surface area contributed by atoms with Gasteiger partial charge in [0, 0.05) is 0 Å². The van der Waals surface area contributed by atoms with Crippen molar-refractivity contribution in [2.45, 2.75) is 6.04 Å². The van der Waals surface area contributed by atoms with Crippen molar-refractivity contribution in [3.63, 3.8) is 0 Å². The summed E-state index contributed by atoms with van der Waals surface area (Å²) in [6, 6.07) is 11.6. The van der Waals surface area contributed by atoms with Crippen molar-refractivity contribution in [1.29, 1.82) is 0 Å². The first-order valence-electron chi connectivity index (χ1n) is 5.81. The van der Waals surface area contributed by atoms with Crippen molar-refractivity contribution in [2.75, 3.05) is 7.05 Å². The standard InChI is InChI=1S/C14H13N3O/c1-15-14(13-7-4-8-18-13)12-9-16-10-5-2-3-6-11(10)17-12/h2-9,14-15H,1H3. The van der Waals surface area contributed by atoms with Gasteiger partial charge >= 0.3 is 0 Å². The molecule has 2 heterocycles. The quantitative estimate of drug-likeness (QED) is 0.763. The number of hydrogen-bond acceptors (Lipinski definition) is 4. The Labute approximate surface area is 105 Å². The highest BCUT2D eigenvalue weighted by Crippen LogP contribution is 2.21. The fourth-order valence-electron chi connectivity index (χ4n) is 2.00. The summed E-state index contributed by atoms with van der Waals surface area (Å²) < 4.78 is 5.42. The van der Waals surface area contributed by atoms with Gasteiger partial charge in [0.1, 0.15) is 11.8 Å². The van der Waals surface area contributed by atoms with Crippen LogP contribution in [0.15, 0.2) is 53.3 Å². The molecule has 0 aliphatic carbocycles. The topological polar surface area (TPSA) is 51.0 Å². The van der Waals surface area contributed by atoms with Crippen LogP contribution < -0.4 is 5.32 Å². The highest BCUT2D eigenvalue weighted by molar-refractivity contribution is 5.73. The average molecular weight is 239 g/mol. The Hall–Kier alpha value is -2.20. The van der Waals surface area contributed by atoms with Crippen molar-refractivity contribution < 1.29 is 4.42 Å². The van der Waals surface area contributed by atoms with Crippen LogP contribution in [0.25, 0.3) is 11.0 Å². The van der Waals surface area contributed by atoms with Gasteiger partial charge in [-0.05, 0) is 31.3 Å². The Morgan fingerprint density at radius 2 is 1.94 bits per heavy atom. The van der Waals surface area contributed by atoms with Crippen LogP contribution >= 0.6 is 0 Å². The number of rotatable bonds is 3. The van der Waals surface area contributed by atoms with Crippen molar-refractivity contribution in [3.05, 3.63) is 60.3 Å². The van der Waals surface area contributed by atoms with E-state index in [-0.39, 0.29) is 6.04 Å². The molecule has 4 heteroatoms. The Balaban J connectivity index is 2.07. The predicted octanol–water partition coefficient (Wildman–Crippen LogP) is 2.53. The lowest BCUT2D eigenvalue weighted by atomic mass is 10.1. The second-order valence-electron chi connectivity index (χ2n) is 4.02. The largest absolute Gasteiger partial charge is 0.467 e. The van der Waals surface area contributed by atoms with E-state index in [2.05, 4.69) is 15.3 Å². The molecule has 90 valence electrons. The predicted molar refractivity (Wildman–Crippen MR) is 69.1 cm³/mol. The molecule has 0 saturated heterocycles. The number of nitrogens with one attached hydrogen (secondary N) is 1. The molecule has 0 aliphatic heterocycles. The molecule has 0 radical (unpaired) electrons. The van der Waals surface area contributed by atoms with E-state index in [4.69, 9.17) is 4.42 Å². The summed E-state index contributed by atoms with van der Waals surface area (Å²) in [4.78, 5) is 9.03. The minimum atomic E-state index is -0.0721. The van der Waals surface area contributed by atoms with E-state index in [1.807, 2.05) is 43.4 Å². The van der Waals surface area contributed by atoms with Crippen molar-refractivity contribution in [2.24, 2.45) is 0 Å². The summed E-state index contributed by atoms with van der Waals surface area (Å²) in [5.74, 6) is 0.835. The summed E-state index contributed by atoms with van der Waals surface area (Å²) in [6.45, 7) is 0. The lowest BCUT2D eigenvalue weighted by Crippen LogP contribution is -2.18. The number of aromatic nitrogens is 2. The molecule has 3 aromatic rings. The monoisotopic (exact) mass is 239 g/mol. The van der Waals surface area contributed by atoms with Gasteiger partial charge in [-0.25, -0.2) is 4.98 Å². The molecule has 0 amide bonds. The van der Waals surface area contributed by atoms with Gasteiger partial charge in [0.05, 0.1) is 29.2 Å². The third kappa shape index (κ3) is 1.87. The molecule has 0 bridgehead atoms. The molecular formula is C14H13N3O. The van der Waals surface area contributed by atoms with Gasteiger partial charge in [-0.3, -0.25) is 4.98 Å². The van der Waals surface area contributed by atoms with E-state index in [0.29, 0.717) is 0 Å². The molecule has 0 spiro atoms. The van der Waals surface area contributed by atoms with E-state index in [9.17, 15) is 0 Å². The number of para-hydroxylation sites is 2. The fourth-order valence-corrected chi connectivity index (χ4v) is 2.00. The Morgan fingerprint density at radius 1 is 1.11 bits per heavy atom. The van der Waals surface area contributed by atoms with Crippen LogP contribution in [0.1, 0.15) is 17.5 Å². The minimum Gasteiger partial charge on any atom is -0.467 e. The van der Waals surface area contributed by atoms with Crippen LogP contribution in [0.5, 0.6) is 0 Å². The molecular weight excluding hydrogens is 226 g/mol. The van der Waals surface area contributed by atoms with Crippen LogP contribution in [0, 0.1) is 0 Å². The van der Waals surface area contributed by atoms with Gasteiger partial charge < -0.3 is 9.73 Å². The number of hydrogen-bond donors (Lipinski definition) is 1. The maximum Gasteiger partial charge on any atom is 0.126 e. The normalized spacial score (nSPS) is 12.7. The van der Waals surface area contributed by atoms with E-state index < -0.39 is 0 Å². The first kappa shape index (κ1) is 10.9. The van der Waals surface area contributed by atoms with Gasteiger partial charge in [-0.15, -0.1) is 0 Å². The fraction of sp³-hybridized carbons (Fsp3) is 0.143. The summed E-state index contributed by atoms with van der Waals surface area (Å²) in [5.41, 5.74) is 2.64. The summed E-state index contributed by atoms with van der Waals surface area (Å²) in [6.07, 6.45) is 3.44. The van der Waals surface area contributed by atoms with Crippen LogP contribution in [0.3, 0.4) is 0 Å². The maximum absolute atomic E-state index is 5.42. The SMILES string of the molecule is CNC(c1cnc2ccccc2n1)c1ccco1.